The summed E-state index contributed by atoms with van der Waals surface area (Å²) in [7, 11) is 3.41. The third-order valence-electron chi connectivity index (χ3n) is 8.84. The zero-order valence-electron chi connectivity index (χ0n) is 27.4. The molecule has 5 rings (SSSR count). The quantitative estimate of drug-likeness (QED) is 0.156. The predicted molar refractivity (Wildman–Crippen MR) is 187 cm³/mol. The molecule has 0 amide bonds. The maximum Gasteiger partial charge on any atom is 0.128 e. The number of nitrogens with zero attached hydrogens (tertiary/aromatic N) is 1. The third kappa shape index (κ3) is 5.80. The van der Waals surface area contributed by atoms with E-state index in [1.165, 1.54) is 5.56 Å². The molecule has 2 unspecified atom stereocenters. The van der Waals surface area contributed by atoms with Crippen LogP contribution in [-0.4, -0.2) is 24.9 Å². The Hall–Kier alpha value is -3.89. The molecule has 0 bridgehead atoms. The van der Waals surface area contributed by atoms with Gasteiger partial charge in [-0.15, -0.1) is 0 Å². The van der Waals surface area contributed by atoms with Crippen molar-refractivity contribution in [3.05, 3.63) is 101 Å². The van der Waals surface area contributed by atoms with Gasteiger partial charge >= 0.3 is 0 Å². The smallest absolute Gasteiger partial charge is 0.128 e. The summed E-state index contributed by atoms with van der Waals surface area (Å²) < 4.78 is 20.7. The van der Waals surface area contributed by atoms with Crippen molar-refractivity contribution < 1.29 is 14.2 Å². The van der Waals surface area contributed by atoms with E-state index in [-0.39, 0.29) is 23.5 Å². The molecule has 44 heavy (non-hydrogen) atoms. The van der Waals surface area contributed by atoms with E-state index in [9.17, 15) is 0 Å². The summed E-state index contributed by atoms with van der Waals surface area (Å²) in [6.45, 7) is 19.3. The lowest BCUT2D eigenvalue weighted by Gasteiger charge is -2.27. The van der Waals surface area contributed by atoms with Crippen molar-refractivity contribution >= 4 is 44.2 Å². The Bertz CT molecular complexity index is 1890. The summed E-state index contributed by atoms with van der Waals surface area (Å²) in [6, 6.07) is 21.1. The fourth-order valence-electron chi connectivity index (χ4n) is 6.09. The molecular formula is C39H44ClNO3. The first-order valence-corrected chi connectivity index (χ1v) is 15.7. The van der Waals surface area contributed by atoms with Crippen molar-refractivity contribution in [1.82, 2.24) is 4.57 Å². The fraction of sp³-hybridized carbons (Fsp3) is 0.333. The molecule has 0 saturated carbocycles. The molecule has 230 valence electrons. The minimum Gasteiger partial charge on any atom is -0.497 e. The van der Waals surface area contributed by atoms with E-state index in [0.717, 1.165) is 61.0 Å². The summed E-state index contributed by atoms with van der Waals surface area (Å²) in [5, 5.41) is 5.05. The lowest BCUT2D eigenvalue weighted by Crippen LogP contribution is -2.25. The Morgan fingerprint density at radius 1 is 0.886 bits per heavy atom. The van der Waals surface area contributed by atoms with Crippen LogP contribution in [0.4, 0.5) is 0 Å². The molecule has 4 nitrogen and oxygen atoms in total. The molecule has 4 aromatic carbocycles. The van der Waals surface area contributed by atoms with Gasteiger partial charge in [-0.1, -0.05) is 75.7 Å². The first-order valence-electron chi connectivity index (χ1n) is 15.3. The van der Waals surface area contributed by atoms with Gasteiger partial charge in [0.1, 0.15) is 23.4 Å². The van der Waals surface area contributed by atoms with Gasteiger partial charge < -0.3 is 18.8 Å². The molecule has 0 fully saturated rings. The molecule has 0 aliphatic heterocycles. The Labute approximate surface area is 266 Å². The van der Waals surface area contributed by atoms with Crippen LogP contribution < -0.4 is 14.2 Å². The molecule has 5 heteroatoms. The number of rotatable bonds is 9. The zero-order valence-corrected chi connectivity index (χ0v) is 28.2. The topological polar surface area (TPSA) is 32.6 Å². The molecule has 0 spiro atoms. The van der Waals surface area contributed by atoms with Gasteiger partial charge in [0.05, 0.1) is 36.2 Å². The van der Waals surface area contributed by atoms with Crippen LogP contribution in [0.25, 0.3) is 32.6 Å². The van der Waals surface area contributed by atoms with Crippen molar-refractivity contribution in [1.29, 1.82) is 0 Å². The summed E-state index contributed by atoms with van der Waals surface area (Å²) in [5.41, 5.74) is 5.57. The first-order chi connectivity index (χ1) is 20.9. The minimum absolute atomic E-state index is 0.000694. The van der Waals surface area contributed by atoms with Crippen LogP contribution in [0.5, 0.6) is 17.2 Å². The van der Waals surface area contributed by atoms with Crippen LogP contribution >= 0.6 is 11.6 Å². The van der Waals surface area contributed by atoms with Gasteiger partial charge in [-0.05, 0) is 91.1 Å². The van der Waals surface area contributed by atoms with Crippen molar-refractivity contribution in [2.24, 2.45) is 0 Å². The number of fused-ring (bicyclic) bond motifs is 4. The third-order valence-corrected chi connectivity index (χ3v) is 9.15. The van der Waals surface area contributed by atoms with Crippen LogP contribution in [0.1, 0.15) is 71.6 Å². The molecule has 0 aliphatic rings. The SMILES string of the molecule is C=C/C(C)=C/C(C)c1cc2ccc(OC)cc2cc1OC(C)[C@@H](C)n1c2ccc(C(C)(C)C)cc2c2c(OC)ccc(Cl)c21. The first kappa shape index (κ1) is 31.5. The summed E-state index contributed by atoms with van der Waals surface area (Å²) in [5.74, 6) is 2.60. The van der Waals surface area contributed by atoms with Gasteiger partial charge in [-0.3, -0.25) is 0 Å². The maximum atomic E-state index is 6.98. The summed E-state index contributed by atoms with van der Waals surface area (Å²) in [6.07, 6.45) is 3.92. The number of benzene rings is 4. The van der Waals surface area contributed by atoms with Crippen LogP contribution in [0.2, 0.25) is 5.02 Å². The zero-order chi connectivity index (χ0) is 31.9. The van der Waals surface area contributed by atoms with Crippen LogP contribution in [-0.2, 0) is 5.41 Å². The van der Waals surface area contributed by atoms with E-state index in [0.29, 0.717) is 5.02 Å². The number of halogens is 1. The molecule has 3 atom stereocenters. The standard InChI is InChI=1S/C39H44ClNO3/c1-11-23(2)18-24(3)31-20-27-12-14-30(42-9)19-28(27)21-36(31)44-26(5)25(4)41-34-16-13-29(39(6,7)8)22-32(34)37-35(43-10)17-15-33(40)38(37)41/h11-22,24-26H,1H2,2-10H3/b23-18+/t24?,25-,26?/m1/s1. The molecule has 5 aromatic rings. The fourth-order valence-corrected chi connectivity index (χ4v) is 6.34. The van der Waals surface area contributed by atoms with Crippen LogP contribution in [0.3, 0.4) is 0 Å². The number of hydrogen-bond acceptors (Lipinski definition) is 3. The van der Waals surface area contributed by atoms with Crippen molar-refractivity contribution in [3.8, 4) is 17.2 Å². The predicted octanol–water partition coefficient (Wildman–Crippen LogP) is 11.2. The Kier molecular flexibility index (Phi) is 8.77. The number of methoxy groups -OCH3 is 2. The van der Waals surface area contributed by atoms with E-state index in [4.69, 9.17) is 25.8 Å². The van der Waals surface area contributed by atoms with Gasteiger partial charge in [-0.2, -0.15) is 0 Å². The van der Waals surface area contributed by atoms with Gasteiger partial charge in [0.2, 0.25) is 0 Å². The Balaban J connectivity index is 1.66. The van der Waals surface area contributed by atoms with Crippen LogP contribution in [0.15, 0.2) is 85.0 Å². The molecule has 0 aliphatic carbocycles. The largest absolute Gasteiger partial charge is 0.497 e. The molecule has 1 heterocycles. The maximum absolute atomic E-state index is 6.98. The lowest BCUT2D eigenvalue weighted by atomic mass is 9.86. The van der Waals surface area contributed by atoms with Gasteiger partial charge in [0.25, 0.3) is 0 Å². The van der Waals surface area contributed by atoms with E-state index >= 15 is 0 Å². The van der Waals surface area contributed by atoms with E-state index in [1.807, 2.05) is 24.3 Å². The Morgan fingerprint density at radius 3 is 2.30 bits per heavy atom. The highest BCUT2D eigenvalue weighted by molar-refractivity contribution is 6.37. The molecule has 0 N–H and O–H groups in total. The van der Waals surface area contributed by atoms with Crippen molar-refractivity contribution in [2.75, 3.05) is 14.2 Å². The highest BCUT2D eigenvalue weighted by Crippen LogP contribution is 2.44. The monoisotopic (exact) mass is 609 g/mol. The van der Waals surface area contributed by atoms with Crippen molar-refractivity contribution in [3.63, 3.8) is 0 Å². The van der Waals surface area contributed by atoms with E-state index < -0.39 is 0 Å². The minimum atomic E-state index is -0.197. The summed E-state index contributed by atoms with van der Waals surface area (Å²) >= 11 is 6.98. The van der Waals surface area contributed by atoms with E-state index in [2.05, 4.69) is 108 Å². The van der Waals surface area contributed by atoms with Crippen molar-refractivity contribution in [2.45, 2.75) is 71.9 Å². The Morgan fingerprint density at radius 2 is 1.64 bits per heavy atom. The number of allylic oxidation sites excluding steroid dienone is 3. The second-order valence-electron chi connectivity index (χ2n) is 12.9. The number of aromatic nitrogens is 1. The van der Waals surface area contributed by atoms with E-state index in [1.54, 1.807) is 14.2 Å². The molecule has 0 saturated heterocycles. The molecule has 1 aromatic heterocycles. The molecule has 0 radical (unpaired) electrons. The van der Waals surface area contributed by atoms with Gasteiger partial charge in [0.15, 0.2) is 0 Å². The van der Waals surface area contributed by atoms with Gasteiger partial charge in [-0.25, -0.2) is 0 Å². The van der Waals surface area contributed by atoms with Gasteiger partial charge in [0, 0.05) is 22.4 Å². The normalized spacial score (nSPS) is 14.5. The van der Waals surface area contributed by atoms with Crippen LogP contribution in [0, 0.1) is 0 Å². The second-order valence-corrected chi connectivity index (χ2v) is 13.3. The summed E-state index contributed by atoms with van der Waals surface area (Å²) in [4.78, 5) is 0. The average molecular weight is 610 g/mol. The highest BCUT2D eigenvalue weighted by Gasteiger charge is 2.27. The lowest BCUT2D eigenvalue weighted by molar-refractivity contribution is 0.167. The number of ether oxygens (including phenoxy) is 3. The average Bonchev–Trinajstić information content (AvgIpc) is 3.35. The highest BCUT2D eigenvalue weighted by atomic mass is 35.5. The second kappa shape index (κ2) is 12.2. The molecular weight excluding hydrogens is 566 g/mol. The number of hydrogen-bond donors (Lipinski definition) is 0.